The lowest BCUT2D eigenvalue weighted by Crippen LogP contribution is -2.40. The molecule has 1 atom stereocenters. The molecule has 2 N–H and O–H groups in total. The smallest absolute Gasteiger partial charge is 0.322 e. The Morgan fingerprint density at radius 3 is 2.48 bits per heavy atom. The number of hydrogen-bond acceptors (Lipinski definition) is 2. The zero-order valence-corrected chi connectivity index (χ0v) is 15.7. The number of para-hydroxylation sites is 2. The van der Waals surface area contributed by atoms with Crippen LogP contribution in [0, 0.1) is 6.92 Å². The molecule has 25 heavy (non-hydrogen) atoms. The number of nitrogens with one attached hydrogen (secondary N) is 2. The summed E-state index contributed by atoms with van der Waals surface area (Å²) in [6.45, 7) is 10.1. The molecule has 134 valence electrons. The van der Waals surface area contributed by atoms with Crippen molar-refractivity contribution in [3.05, 3.63) is 59.2 Å². The molecule has 1 unspecified atom stereocenters. The number of rotatable bonds is 6. The molecule has 0 bridgehead atoms. The molecule has 0 aromatic heterocycles. The fourth-order valence-corrected chi connectivity index (χ4v) is 2.82. The lowest BCUT2D eigenvalue weighted by molar-refractivity contribution is 0.181. The van der Waals surface area contributed by atoms with Crippen molar-refractivity contribution in [2.45, 2.75) is 53.2 Å². The molecule has 4 heteroatoms. The van der Waals surface area contributed by atoms with Crippen molar-refractivity contribution in [3.8, 4) is 5.75 Å². The molecule has 4 nitrogen and oxygen atoms in total. The van der Waals surface area contributed by atoms with E-state index in [9.17, 15) is 4.79 Å². The predicted molar refractivity (Wildman–Crippen MR) is 103 cm³/mol. The van der Waals surface area contributed by atoms with Crippen molar-refractivity contribution < 1.29 is 9.53 Å². The van der Waals surface area contributed by atoms with E-state index in [2.05, 4.69) is 31.4 Å². The first-order valence-corrected chi connectivity index (χ1v) is 8.84. The van der Waals surface area contributed by atoms with Gasteiger partial charge in [0.15, 0.2) is 6.23 Å². The van der Waals surface area contributed by atoms with Crippen LogP contribution >= 0.6 is 0 Å². The molecule has 2 aromatic rings. The average Bonchev–Trinajstić information content (AvgIpc) is 2.56. The third-order valence-corrected chi connectivity index (χ3v) is 4.16. The van der Waals surface area contributed by atoms with Gasteiger partial charge in [0.25, 0.3) is 0 Å². The van der Waals surface area contributed by atoms with E-state index in [0.717, 1.165) is 34.5 Å². The van der Waals surface area contributed by atoms with Gasteiger partial charge < -0.3 is 15.4 Å². The van der Waals surface area contributed by atoms with E-state index in [4.69, 9.17) is 4.74 Å². The normalized spacial score (nSPS) is 11.9. The molecule has 0 radical (unpaired) electrons. The van der Waals surface area contributed by atoms with Crippen molar-refractivity contribution in [2.24, 2.45) is 0 Å². The fourth-order valence-electron chi connectivity index (χ4n) is 2.82. The molecule has 0 aliphatic heterocycles. The Morgan fingerprint density at radius 2 is 1.80 bits per heavy atom. The first-order chi connectivity index (χ1) is 11.9. The van der Waals surface area contributed by atoms with Crippen LogP contribution < -0.4 is 15.4 Å². The summed E-state index contributed by atoms with van der Waals surface area (Å²) in [4.78, 5) is 12.4. The van der Waals surface area contributed by atoms with Gasteiger partial charge in [0.2, 0.25) is 0 Å². The number of amides is 2. The van der Waals surface area contributed by atoms with Crippen molar-refractivity contribution in [2.75, 3.05) is 5.32 Å². The molecular weight excluding hydrogens is 312 g/mol. The van der Waals surface area contributed by atoms with Gasteiger partial charge >= 0.3 is 6.03 Å². The van der Waals surface area contributed by atoms with Crippen LogP contribution in [-0.2, 0) is 6.42 Å². The maximum Gasteiger partial charge on any atom is 0.322 e. The molecule has 0 aliphatic rings. The topological polar surface area (TPSA) is 50.4 Å². The Labute approximate surface area is 150 Å². The number of aryl methyl sites for hydroxylation is 2. The second-order valence-electron chi connectivity index (χ2n) is 6.51. The Morgan fingerprint density at radius 1 is 1.08 bits per heavy atom. The average molecular weight is 340 g/mol. The fraction of sp³-hybridized carbons (Fsp3) is 0.381. The maximum absolute atomic E-state index is 12.4. The lowest BCUT2D eigenvalue weighted by Gasteiger charge is -2.21. The summed E-state index contributed by atoms with van der Waals surface area (Å²) in [5.41, 5.74) is 4.17. The molecule has 0 saturated heterocycles. The van der Waals surface area contributed by atoms with Crippen molar-refractivity contribution in [1.29, 1.82) is 0 Å². The Kier molecular flexibility index (Phi) is 6.45. The molecule has 2 amide bonds. The summed E-state index contributed by atoms with van der Waals surface area (Å²) < 4.78 is 5.93. The number of carbonyl (C=O) groups is 1. The van der Waals surface area contributed by atoms with Gasteiger partial charge in [0, 0.05) is 5.69 Å². The van der Waals surface area contributed by atoms with E-state index in [1.165, 1.54) is 0 Å². The number of ether oxygens (including phenoxy) is 1. The summed E-state index contributed by atoms with van der Waals surface area (Å²) in [6, 6.07) is 13.7. The predicted octanol–water partition coefficient (Wildman–Crippen LogP) is 5.23. The van der Waals surface area contributed by atoms with Crippen LogP contribution in [0.3, 0.4) is 0 Å². The molecule has 0 aliphatic carbocycles. The van der Waals surface area contributed by atoms with Crippen LogP contribution in [0.25, 0.3) is 0 Å². The van der Waals surface area contributed by atoms with Crippen LogP contribution in [0.1, 0.15) is 50.3 Å². The van der Waals surface area contributed by atoms with Gasteiger partial charge in [-0.15, -0.1) is 0 Å². The quantitative estimate of drug-likeness (QED) is 0.708. The summed E-state index contributed by atoms with van der Waals surface area (Å²) in [6.07, 6.45) is 0.430. The molecule has 0 heterocycles. The Balaban J connectivity index is 2.02. The van der Waals surface area contributed by atoms with Gasteiger partial charge in [0.05, 0.1) is 0 Å². The Bertz CT molecular complexity index is 726. The monoisotopic (exact) mass is 340 g/mol. The van der Waals surface area contributed by atoms with Gasteiger partial charge in [-0.2, -0.15) is 0 Å². The zero-order chi connectivity index (χ0) is 18.4. The van der Waals surface area contributed by atoms with Crippen LogP contribution in [0.2, 0.25) is 0 Å². The first-order valence-electron chi connectivity index (χ1n) is 8.84. The minimum absolute atomic E-state index is 0.265. The van der Waals surface area contributed by atoms with E-state index in [0.29, 0.717) is 5.92 Å². The summed E-state index contributed by atoms with van der Waals surface area (Å²) in [5, 5.41) is 5.80. The summed E-state index contributed by atoms with van der Waals surface area (Å²) in [5.74, 6) is 1.16. The molecule has 0 spiro atoms. The van der Waals surface area contributed by atoms with Gasteiger partial charge in [-0.1, -0.05) is 57.2 Å². The SMILES string of the molecule is CCc1cccc(C)c1NC(=O)NC(C)Oc1ccccc1C(C)C. The standard InChI is InChI=1S/C21H28N2O2/c1-6-17-11-9-10-15(4)20(17)23-21(24)22-16(5)25-19-13-8-7-12-18(19)14(2)3/h7-14,16H,6H2,1-5H3,(H2,22,23,24). The van der Waals surface area contributed by atoms with Gasteiger partial charge in [0.1, 0.15) is 5.75 Å². The summed E-state index contributed by atoms with van der Waals surface area (Å²) in [7, 11) is 0. The highest BCUT2D eigenvalue weighted by Crippen LogP contribution is 2.26. The molecule has 2 aromatic carbocycles. The van der Waals surface area contributed by atoms with Crippen LogP contribution in [-0.4, -0.2) is 12.3 Å². The second-order valence-corrected chi connectivity index (χ2v) is 6.51. The van der Waals surface area contributed by atoms with E-state index < -0.39 is 6.23 Å². The van der Waals surface area contributed by atoms with Crippen LogP contribution in [0.15, 0.2) is 42.5 Å². The number of urea groups is 1. The van der Waals surface area contributed by atoms with E-state index in [1.807, 2.05) is 56.3 Å². The van der Waals surface area contributed by atoms with Crippen LogP contribution in [0.5, 0.6) is 5.75 Å². The van der Waals surface area contributed by atoms with Gasteiger partial charge in [-0.3, -0.25) is 0 Å². The van der Waals surface area contributed by atoms with E-state index in [-0.39, 0.29) is 6.03 Å². The molecule has 2 rings (SSSR count). The summed E-state index contributed by atoms with van der Waals surface area (Å²) >= 11 is 0. The minimum atomic E-state index is -0.436. The third kappa shape index (κ3) is 4.99. The third-order valence-electron chi connectivity index (χ3n) is 4.16. The minimum Gasteiger partial charge on any atom is -0.471 e. The highest BCUT2D eigenvalue weighted by Gasteiger charge is 2.14. The van der Waals surface area contributed by atoms with Gasteiger partial charge in [-0.05, 0) is 48.9 Å². The Hall–Kier alpha value is -2.49. The number of anilines is 1. The maximum atomic E-state index is 12.4. The van der Waals surface area contributed by atoms with Crippen molar-refractivity contribution in [1.82, 2.24) is 5.32 Å². The zero-order valence-electron chi connectivity index (χ0n) is 15.7. The lowest BCUT2D eigenvalue weighted by atomic mass is 10.0. The van der Waals surface area contributed by atoms with Gasteiger partial charge in [-0.25, -0.2) is 4.79 Å². The van der Waals surface area contributed by atoms with Crippen LogP contribution in [0.4, 0.5) is 10.5 Å². The van der Waals surface area contributed by atoms with E-state index in [1.54, 1.807) is 0 Å². The highest BCUT2D eigenvalue weighted by atomic mass is 16.5. The van der Waals surface area contributed by atoms with E-state index >= 15 is 0 Å². The molecular formula is C21H28N2O2. The molecule has 0 fully saturated rings. The van der Waals surface area contributed by atoms with Crippen molar-refractivity contribution >= 4 is 11.7 Å². The van der Waals surface area contributed by atoms with Crippen molar-refractivity contribution in [3.63, 3.8) is 0 Å². The second kappa shape index (κ2) is 8.56. The number of carbonyl (C=O) groups excluding carboxylic acids is 1. The number of hydrogen-bond donors (Lipinski definition) is 2. The highest BCUT2D eigenvalue weighted by molar-refractivity contribution is 5.91. The number of benzene rings is 2. The molecule has 0 saturated carbocycles. The first kappa shape index (κ1) is 18.8. The largest absolute Gasteiger partial charge is 0.471 e.